The summed E-state index contributed by atoms with van der Waals surface area (Å²) < 4.78 is 5.41. The Kier molecular flexibility index (Phi) is 3.14. The number of amides is 1. The van der Waals surface area contributed by atoms with Gasteiger partial charge in [-0.25, -0.2) is 0 Å². The van der Waals surface area contributed by atoms with Crippen LogP contribution < -0.4 is 9.64 Å². The van der Waals surface area contributed by atoms with E-state index in [9.17, 15) is 4.79 Å². The number of rotatable bonds is 3. The molecule has 19 heavy (non-hydrogen) atoms. The van der Waals surface area contributed by atoms with Crippen molar-refractivity contribution in [2.24, 2.45) is 0 Å². The molecule has 2 fully saturated rings. The molecular weight excluding hydrogens is 260 g/mol. The van der Waals surface area contributed by atoms with Gasteiger partial charge in [0, 0.05) is 6.54 Å². The molecule has 2 heterocycles. The van der Waals surface area contributed by atoms with E-state index in [-0.39, 0.29) is 11.9 Å². The largest absolute Gasteiger partial charge is 0.494 e. The standard InChI is InChI=1S/C14H16N2O2S/c1-2-18-11-7-5-10(6-8-11)16-13(17)12-4-3-9-15(12)14(16)19/h5-8,12H,2-4,9H2,1H3/t12-/m0/s1. The molecule has 1 aromatic carbocycles. The molecule has 4 nitrogen and oxygen atoms in total. The van der Waals surface area contributed by atoms with E-state index in [0.717, 1.165) is 30.8 Å². The maximum absolute atomic E-state index is 12.4. The highest BCUT2D eigenvalue weighted by Crippen LogP contribution is 2.32. The zero-order chi connectivity index (χ0) is 13.4. The highest BCUT2D eigenvalue weighted by Gasteiger charge is 2.45. The van der Waals surface area contributed by atoms with Gasteiger partial charge >= 0.3 is 0 Å². The summed E-state index contributed by atoms with van der Waals surface area (Å²) in [6.45, 7) is 3.47. The number of hydrogen-bond donors (Lipinski definition) is 0. The zero-order valence-electron chi connectivity index (χ0n) is 10.8. The van der Waals surface area contributed by atoms with Crippen LogP contribution in [0.5, 0.6) is 5.75 Å². The highest BCUT2D eigenvalue weighted by atomic mass is 32.1. The molecule has 5 heteroatoms. The second-order valence-electron chi connectivity index (χ2n) is 4.73. The first-order chi connectivity index (χ1) is 9.22. The van der Waals surface area contributed by atoms with Crippen LogP contribution >= 0.6 is 12.2 Å². The fourth-order valence-corrected chi connectivity index (χ4v) is 3.13. The van der Waals surface area contributed by atoms with Gasteiger partial charge in [0.25, 0.3) is 5.91 Å². The Morgan fingerprint density at radius 3 is 2.74 bits per heavy atom. The van der Waals surface area contributed by atoms with Crippen LogP contribution in [0.1, 0.15) is 19.8 Å². The van der Waals surface area contributed by atoms with Crippen molar-refractivity contribution in [1.82, 2.24) is 4.90 Å². The van der Waals surface area contributed by atoms with Crippen molar-refractivity contribution in [3.05, 3.63) is 24.3 Å². The Balaban J connectivity index is 1.86. The van der Waals surface area contributed by atoms with Crippen LogP contribution in [-0.4, -0.2) is 35.1 Å². The first kappa shape index (κ1) is 12.4. The fourth-order valence-electron chi connectivity index (χ4n) is 2.72. The summed E-state index contributed by atoms with van der Waals surface area (Å²) in [5, 5.41) is 0.636. The SMILES string of the molecule is CCOc1ccc(N2C(=O)[C@@H]3CCCN3C2=S)cc1. The molecule has 1 amide bonds. The average Bonchev–Trinajstić information content (AvgIpc) is 2.97. The van der Waals surface area contributed by atoms with Gasteiger partial charge in [-0.1, -0.05) is 0 Å². The number of ether oxygens (including phenoxy) is 1. The van der Waals surface area contributed by atoms with Crippen LogP contribution in [0.25, 0.3) is 0 Å². The van der Waals surface area contributed by atoms with Gasteiger partial charge in [0.15, 0.2) is 5.11 Å². The van der Waals surface area contributed by atoms with Crippen LogP contribution in [0.2, 0.25) is 0 Å². The minimum absolute atomic E-state index is 0.0425. The van der Waals surface area contributed by atoms with Crippen LogP contribution in [0, 0.1) is 0 Å². The van der Waals surface area contributed by atoms with Crippen molar-refractivity contribution >= 4 is 28.9 Å². The average molecular weight is 276 g/mol. The molecule has 2 aliphatic rings. The lowest BCUT2D eigenvalue weighted by atomic mass is 10.2. The topological polar surface area (TPSA) is 32.8 Å². The van der Waals surface area contributed by atoms with Gasteiger partial charge < -0.3 is 9.64 Å². The van der Waals surface area contributed by atoms with E-state index in [1.165, 1.54) is 0 Å². The van der Waals surface area contributed by atoms with Gasteiger partial charge in [-0.3, -0.25) is 9.69 Å². The van der Waals surface area contributed by atoms with Crippen LogP contribution in [0.15, 0.2) is 24.3 Å². The Hall–Kier alpha value is -1.62. The first-order valence-corrected chi connectivity index (χ1v) is 7.00. The molecule has 0 unspecified atom stereocenters. The number of fused-ring (bicyclic) bond motifs is 1. The summed E-state index contributed by atoms with van der Waals surface area (Å²) in [7, 11) is 0. The van der Waals surface area contributed by atoms with E-state index in [1.807, 2.05) is 36.1 Å². The molecule has 2 aliphatic heterocycles. The summed E-state index contributed by atoms with van der Waals surface area (Å²) in [5.74, 6) is 0.913. The van der Waals surface area contributed by atoms with Crippen molar-refractivity contribution in [3.8, 4) is 5.75 Å². The maximum Gasteiger partial charge on any atom is 0.256 e. The number of hydrogen-bond acceptors (Lipinski definition) is 3. The molecule has 0 aliphatic carbocycles. The van der Waals surface area contributed by atoms with Gasteiger partial charge in [-0.05, 0) is 56.2 Å². The van der Waals surface area contributed by atoms with Gasteiger partial charge in [-0.15, -0.1) is 0 Å². The second kappa shape index (κ2) is 4.81. The van der Waals surface area contributed by atoms with E-state index in [2.05, 4.69) is 0 Å². The van der Waals surface area contributed by atoms with Crippen molar-refractivity contribution in [2.45, 2.75) is 25.8 Å². The number of anilines is 1. The normalized spacial score (nSPS) is 22.1. The molecule has 2 saturated heterocycles. The summed E-state index contributed by atoms with van der Waals surface area (Å²) >= 11 is 5.42. The van der Waals surface area contributed by atoms with Crippen molar-refractivity contribution in [2.75, 3.05) is 18.1 Å². The van der Waals surface area contributed by atoms with E-state index in [4.69, 9.17) is 17.0 Å². The Bertz CT molecular complexity index is 493. The first-order valence-electron chi connectivity index (χ1n) is 6.60. The van der Waals surface area contributed by atoms with Crippen LogP contribution in [-0.2, 0) is 4.79 Å². The Labute approximate surface area is 117 Å². The third-order valence-electron chi connectivity index (χ3n) is 3.60. The Morgan fingerprint density at radius 2 is 2.11 bits per heavy atom. The predicted molar refractivity (Wildman–Crippen MR) is 77.4 cm³/mol. The van der Waals surface area contributed by atoms with Gasteiger partial charge in [0.1, 0.15) is 11.8 Å². The van der Waals surface area contributed by atoms with Crippen molar-refractivity contribution in [3.63, 3.8) is 0 Å². The molecule has 3 rings (SSSR count). The van der Waals surface area contributed by atoms with Crippen molar-refractivity contribution in [1.29, 1.82) is 0 Å². The Morgan fingerprint density at radius 1 is 1.37 bits per heavy atom. The van der Waals surface area contributed by atoms with E-state index < -0.39 is 0 Å². The molecular formula is C14H16N2O2S. The second-order valence-corrected chi connectivity index (χ2v) is 5.10. The summed E-state index contributed by atoms with van der Waals surface area (Å²) in [6.07, 6.45) is 1.96. The zero-order valence-corrected chi connectivity index (χ0v) is 11.7. The van der Waals surface area contributed by atoms with Gasteiger partial charge in [-0.2, -0.15) is 0 Å². The maximum atomic E-state index is 12.4. The predicted octanol–water partition coefficient (Wildman–Crippen LogP) is 2.18. The molecule has 0 radical (unpaired) electrons. The number of benzene rings is 1. The third-order valence-corrected chi connectivity index (χ3v) is 4.02. The van der Waals surface area contributed by atoms with E-state index in [1.54, 1.807) is 4.90 Å². The molecule has 0 saturated carbocycles. The molecule has 100 valence electrons. The summed E-state index contributed by atoms with van der Waals surface area (Å²) in [4.78, 5) is 16.1. The molecule has 0 aromatic heterocycles. The molecule has 0 N–H and O–H groups in total. The number of nitrogens with zero attached hydrogens (tertiary/aromatic N) is 2. The van der Waals surface area contributed by atoms with Crippen LogP contribution in [0.3, 0.4) is 0 Å². The lowest BCUT2D eigenvalue weighted by Gasteiger charge is -2.19. The summed E-state index contributed by atoms with van der Waals surface area (Å²) in [5.41, 5.74) is 0.827. The highest BCUT2D eigenvalue weighted by molar-refractivity contribution is 7.80. The third kappa shape index (κ3) is 1.98. The monoisotopic (exact) mass is 276 g/mol. The number of thiocarbonyl (C=S) groups is 1. The molecule has 1 aromatic rings. The summed E-state index contributed by atoms with van der Waals surface area (Å²) in [6, 6.07) is 7.48. The van der Waals surface area contributed by atoms with Crippen molar-refractivity contribution < 1.29 is 9.53 Å². The van der Waals surface area contributed by atoms with Gasteiger partial charge in [0.05, 0.1) is 12.3 Å². The minimum atomic E-state index is -0.0425. The quantitative estimate of drug-likeness (QED) is 0.792. The molecule has 0 bridgehead atoms. The lowest BCUT2D eigenvalue weighted by molar-refractivity contribution is -0.119. The molecule has 1 atom stereocenters. The van der Waals surface area contributed by atoms with Gasteiger partial charge in [0.2, 0.25) is 0 Å². The fraction of sp³-hybridized carbons (Fsp3) is 0.429. The smallest absolute Gasteiger partial charge is 0.256 e. The van der Waals surface area contributed by atoms with Crippen LogP contribution in [0.4, 0.5) is 5.69 Å². The number of carbonyl (C=O) groups is 1. The number of carbonyl (C=O) groups excluding carboxylic acids is 1. The van der Waals surface area contributed by atoms with E-state index in [0.29, 0.717) is 11.7 Å². The lowest BCUT2D eigenvalue weighted by Crippen LogP contribution is -2.32. The minimum Gasteiger partial charge on any atom is -0.494 e. The van der Waals surface area contributed by atoms with E-state index >= 15 is 0 Å². The molecule has 0 spiro atoms.